The highest BCUT2D eigenvalue weighted by Gasteiger charge is 2.36. The summed E-state index contributed by atoms with van der Waals surface area (Å²) >= 11 is 6.43. The van der Waals surface area contributed by atoms with Gasteiger partial charge in [0.2, 0.25) is 11.9 Å². The maximum atomic E-state index is 13.4. The Bertz CT molecular complexity index is 1380. The first-order valence-corrected chi connectivity index (χ1v) is 13.4. The molecule has 2 amide bonds. The highest BCUT2D eigenvalue weighted by molar-refractivity contribution is 6.33. The Hall–Kier alpha value is -3.60. The highest BCUT2D eigenvalue weighted by atomic mass is 35.5. The van der Waals surface area contributed by atoms with Crippen molar-refractivity contribution in [2.24, 2.45) is 0 Å². The number of benzene rings is 1. The van der Waals surface area contributed by atoms with Crippen molar-refractivity contribution in [2.45, 2.75) is 51.4 Å². The van der Waals surface area contributed by atoms with E-state index >= 15 is 0 Å². The molecule has 0 bridgehead atoms. The summed E-state index contributed by atoms with van der Waals surface area (Å²) in [7, 11) is 0. The van der Waals surface area contributed by atoms with Gasteiger partial charge in [0.1, 0.15) is 6.04 Å². The lowest BCUT2D eigenvalue weighted by Crippen LogP contribution is -2.46. The number of carbonyl (C=O) groups excluding carboxylic acids is 2. The minimum atomic E-state index is -0.771. The number of carbonyl (C=O) groups is 2. The lowest BCUT2D eigenvalue weighted by molar-refractivity contribution is -0.126. The zero-order valence-corrected chi connectivity index (χ0v) is 22.6. The van der Waals surface area contributed by atoms with E-state index in [0.717, 1.165) is 24.0 Å². The van der Waals surface area contributed by atoms with Crippen molar-refractivity contribution in [3.8, 4) is 11.3 Å². The number of aliphatic hydroxyl groups is 1. The molecule has 1 aromatic carbocycles. The number of hydrogen-bond acceptors (Lipinski definition) is 8. The summed E-state index contributed by atoms with van der Waals surface area (Å²) in [4.78, 5) is 41.4. The Labute approximate surface area is 231 Å². The number of fused-ring (bicyclic) bond motifs is 1. The molecule has 2 unspecified atom stereocenters. The summed E-state index contributed by atoms with van der Waals surface area (Å²) in [5, 5.41) is 16.4. The maximum absolute atomic E-state index is 13.4. The molecule has 3 aromatic rings. The van der Waals surface area contributed by atoms with E-state index in [1.54, 1.807) is 19.2 Å². The number of nitrogens with zero attached hydrogens (tertiary/aromatic N) is 4. The molecule has 0 aliphatic carbocycles. The van der Waals surface area contributed by atoms with E-state index in [9.17, 15) is 14.7 Å². The molecule has 10 nitrogen and oxygen atoms in total. The van der Waals surface area contributed by atoms with Crippen molar-refractivity contribution in [1.82, 2.24) is 25.2 Å². The van der Waals surface area contributed by atoms with Crippen molar-refractivity contribution < 1.29 is 19.4 Å². The lowest BCUT2D eigenvalue weighted by Gasteiger charge is -2.26. The molecule has 2 aliphatic rings. The first-order valence-electron chi connectivity index (χ1n) is 13.0. The van der Waals surface area contributed by atoms with Gasteiger partial charge in [-0.3, -0.25) is 14.6 Å². The fourth-order valence-corrected chi connectivity index (χ4v) is 5.05. The van der Waals surface area contributed by atoms with Crippen LogP contribution in [0.1, 0.15) is 53.0 Å². The Morgan fingerprint density at radius 2 is 2.03 bits per heavy atom. The fraction of sp³-hybridized carbons (Fsp3) is 0.393. The number of hydrogen-bond donors (Lipinski definition) is 3. The van der Waals surface area contributed by atoms with Gasteiger partial charge < -0.3 is 25.4 Å². The Morgan fingerprint density at radius 1 is 1.23 bits per heavy atom. The van der Waals surface area contributed by atoms with Crippen LogP contribution in [0.3, 0.4) is 0 Å². The summed E-state index contributed by atoms with van der Waals surface area (Å²) in [5.41, 5.74) is 3.86. The van der Waals surface area contributed by atoms with E-state index in [4.69, 9.17) is 16.3 Å². The number of aromatic nitrogens is 3. The van der Waals surface area contributed by atoms with Crippen molar-refractivity contribution in [3.63, 3.8) is 0 Å². The molecule has 4 heterocycles. The first kappa shape index (κ1) is 27.0. The summed E-state index contributed by atoms with van der Waals surface area (Å²) in [6.07, 6.45) is 4.89. The lowest BCUT2D eigenvalue weighted by atomic mass is 10.0. The van der Waals surface area contributed by atoms with Gasteiger partial charge in [-0.05, 0) is 38.3 Å². The van der Waals surface area contributed by atoms with Crippen LogP contribution in [-0.4, -0.2) is 68.7 Å². The predicted octanol–water partition coefficient (Wildman–Crippen LogP) is 3.29. The van der Waals surface area contributed by atoms with E-state index in [1.165, 1.54) is 11.1 Å². The second kappa shape index (κ2) is 11.6. The van der Waals surface area contributed by atoms with Crippen LogP contribution in [0, 0.1) is 6.92 Å². The van der Waals surface area contributed by atoms with Crippen molar-refractivity contribution >= 4 is 29.4 Å². The Balaban J connectivity index is 1.31. The van der Waals surface area contributed by atoms with Crippen molar-refractivity contribution in [3.05, 3.63) is 70.1 Å². The van der Waals surface area contributed by atoms with Gasteiger partial charge in [0.05, 0.1) is 47.4 Å². The first-order chi connectivity index (χ1) is 18.8. The van der Waals surface area contributed by atoms with Crippen LogP contribution in [-0.2, 0) is 16.1 Å². The van der Waals surface area contributed by atoms with Gasteiger partial charge in [-0.15, -0.1) is 0 Å². The number of ether oxygens (including phenoxy) is 1. The molecule has 2 atom stereocenters. The quantitative estimate of drug-likeness (QED) is 0.389. The minimum Gasteiger partial charge on any atom is -0.394 e. The largest absolute Gasteiger partial charge is 0.394 e. The molecule has 1 saturated heterocycles. The van der Waals surface area contributed by atoms with Gasteiger partial charge in [0, 0.05) is 31.0 Å². The summed E-state index contributed by atoms with van der Waals surface area (Å²) in [6.45, 7) is 4.93. The van der Waals surface area contributed by atoms with Crippen LogP contribution in [0.2, 0.25) is 5.02 Å². The Morgan fingerprint density at radius 3 is 2.77 bits per heavy atom. The molecule has 0 radical (unpaired) electrons. The minimum absolute atomic E-state index is 0.200. The molecule has 39 heavy (non-hydrogen) atoms. The highest BCUT2D eigenvalue weighted by Crippen LogP contribution is 2.31. The molecular weight excluding hydrogens is 520 g/mol. The van der Waals surface area contributed by atoms with Gasteiger partial charge >= 0.3 is 0 Å². The van der Waals surface area contributed by atoms with Crippen LogP contribution < -0.4 is 10.6 Å². The summed E-state index contributed by atoms with van der Waals surface area (Å²) in [5.74, 6) is -0.212. The van der Waals surface area contributed by atoms with Crippen LogP contribution in [0.4, 0.5) is 5.95 Å². The molecular formula is C28H31ClN6O4. The third-order valence-corrected chi connectivity index (χ3v) is 7.42. The van der Waals surface area contributed by atoms with Gasteiger partial charge in [-0.1, -0.05) is 41.4 Å². The van der Waals surface area contributed by atoms with Gasteiger partial charge in [-0.2, -0.15) is 0 Å². The number of anilines is 1. The molecule has 2 aromatic heterocycles. The molecule has 11 heteroatoms. The zero-order chi connectivity index (χ0) is 27.5. The van der Waals surface area contributed by atoms with E-state index in [2.05, 4.69) is 25.6 Å². The van der Waals surface area contributed by atoms with Gasteiger partial charge in [0.25, 0.3) is 5.91 Å². The standard InChI is InChI=1S/C28H31ClN6O4/c1-16-4-3-5-18(10-16)24(15-36)33-26(37)17(2)35-14-23-21(27(35)38)11-19(12-30-23)25-22(29)13-31-28(34-25)32-20-6-8-39-9-7-20/h3-5,10-13,17,20,24,36H,6-9,14-15H2,1-2H3,(H,33,37)(H,31,32,34). The van der Waals surface area contributed by atoms with Crippen LogP contribution in [0.25, 0.3) is 11.3 Å². The molecule has 3 N–H and O–H groups in total. The molecule has 5 rings (SSSR count). The molecule has 2 aliphatic heterocycles. The number of pyridine rings is 1. The average molecular weight is 551 g/mol. The molecule has 1 fully saturated rings. The summed E-state index contributed by atoms with van der Waals surface area (Å²) < 4.78 is 5.41. The predicted molar refractivity (Wildman–Crippen MR) is 146 cm³/mol. The third-order valence-electron chi connectivity index (χ3n) is 7.14. The third kappa shape index (κ3) is 5.88. The number of amides is 2. The van der Waals surface area contributed by atoms with E-state index < -0.39 is 12.1 Å². The van der Waals surface area contributed by atoms with E-state index in [0.29, 0.717) is 46.7 Å². The molecule has 204 valence electrons. The second-order valence-corrected chi connectivity index (χ2v) is 10.3. The van der Waals surface area contributed by atoms with Crippen LogP contribution in [0.5, 0.6) is 0 Å². The second-order valence-electron chi connectivity index (χ2n) is 9.91. The zero-order valence-electron chi connectivity index (χ0n) is 21.9. The van der Waals surface area contributed by atoms with E-state index in [1.807, 2.05) is 31.2 Å². The van der Waals surface area contributed by atoms with E-state index in [-0.39, 0.29) is 31.0 Å². The molecule has 0 spiro atoms. The smallest absolute Gasteiger partial charge is 0.256 e. The number of nitrogens with one attached hydrogen (secondary N) is 2. The monoisotopic (exact) mass is 550 g/mol. The van der Waals surface area contributed by atoms with Gasteiger partial charge in [-0.25, -0.2) is 9.97 Å². The topological polar surface area (TPSA) is 130 Å². The van der Waals surface area contributed by atoms with Crippen LogP contribution in [0.15, 0.2) is 42.7 Å². The van der Waals surface area contributed by atoms with Crippen molar-refractivity contribution in [2.75, 3.05) is 25.1 Å². The molecule has 0 saturated carbocycles. The fourth-order valence-electron chi connectivity index (χ4n) is 4.85. The van der Waals surface area contributed by atoms with Crippen molar-refractivity contribution in [1.29, 1.82) is 0 Å². The maximum Gasteiger partial charge on any atom is 0.256 e. The summed E-state index contributed by atoms with van der Waals surface area (Å²) in [6, 6.07) is 8.17. The number of aryl methyl sites for hydroxylation is 1. The number of aliphatic hydroxyl groups excluding tert-OH is 1. The Kier molecular flexibility index (Phi) is 8.06. The average Bonchev–Trinajstić information content (AvgIpc) is 3.28. The normalized spacial score (nSPS) is 17.0. The number of halogens is 1. The number of rotatable bonds is 8. The van der Waals surface area contributed by atoms with Gasteiger partial charge in [0.15, 0.2) is 0 Å². The SMILES string of the molecule is Cc1cccc(C(CO)NC(=O)C(C)N2Cc3ncc(-c4nc(NC5CCOCC5)ncc4Cl)cc3C2=O)c1. The van der Waals surface area contributed by atoms with Crippen LogP contribution >= 0.6 is 11.6 Å².